The molecule has 2 N–H and O–H groups in total. The van der Waals surface area contributed by atoms with Crippen molar-refractivity contribution in [1.82, 2.24) is 14.7 Å². The summed E-state index contributed by atoms with van der Waals surface area (Å²) >= 11 is 0. The number of carbonyl (C=O) groups excluding carboxylic acids is 2. The summed E-state index contributed by atoms with van der Waals surface area (Å²) in [6.45, 7) is 0.799. The summed E-state index contributed by atoms with van der Waals surface area (Å²) in [6, 6.07) is 15.0. The summed E-state index contributed by atoms with van der Waals surface area (Å²) in [5.74, 6) is 5.23. The first-order valence-corrected chi connectivity index (χ1v) is 8.99. The van der Waals surface area contributed by atoms with Crippen LogP contribution in [0, 0.1) is 17.8 Å². The molecule has 1 atom stereocenters. The van der Waals surface area contributed by atoms with Gasteiger partial charge in [0.05, 0.1) is 17.1 Å². The Kier molecular flexibility index (Phi) is 5.87. The molecule has 0 fully saturated rings. The smallest absolute Gasteiger partial charge is 0.269 e. The van der Waals surface area contributed by atoms with E-state index in [4.69, 9.17) is 5.73 Å². The van der Waals surface area contributed by atoms with Crippen molar-refractivity contribution < 1.29 is 9.59 Å². The SMILES string of the molecule is CN(C)CCC(C#Cc1cccc(-n2nc(C(N)=O)c3ccccc32)c1)C=O. The molecule has 0 aliphatic rings. The Morgan fingerprint density at radius 3 is 2.75 bits per heavy atom. The summed E-state index contributed by atoms with van der Waals surface area (Å²) in [5.41, 5.74) is 8.04. The highest BCUT2D eigenvalue weighted by atomic mass is 16.1. The van der Waals surface area contributed by atoms with Crippen LogP contribution in [0.1, 0.15) is 22.5 Å². The molecule has 0 spiro atoms. The van der Waals surface area contributed by atoms with Crippen LogP contribution in [-0.2, 0) is 4.79 Å². The molecule has 1 unspecified atom stereocenters. The molecule has 3 rings (SSSR count). The predicted molar refractivity (Wildman–Crippen MR) is 109 cm³/mol. The van der Waals surface area contributed by atoms with E-state index in [-0.39, 0.29) is 11.6 Å². The average Bonchev–Trinajstić information content (AvgIpc) is 3.08. The van der Waals surface area contributed by atoms with Gasteiger partial charge in [-0.05, 0) is 51.3 Å². The van der Waals surface area contributed by atoms with Gasteiger partial charge in [-0.25, -0.2) is 4.68 Å². The molecule has 28 heavy (non-hydrogen) atoms. The van der Waals surface area contributed by atoms with Gasteiger partial charge in [0.1, 0.15) is 6.29 Å². The van der Waals surface area contributed by atoms with Crippen LogP contribution in [0.15, 0.2) is 48.5 Å². The van der Waals surface area contributed by atoms with Crippen LogP contribution in [0.5, 0.6) is 0 Å². The first-order valence-electron chi connectivity index (χ1n) is 8.99. The monoisotopic (exact) mass is 374 g/mol. The van der Waals surface area contributed by atoms with Crippen LogP contribution in [-0.4, -0.2) is 47.5 Å². The normalized spacial score (nSPS) is 11.8. The van der Waals surface area contributed by atoms with Gasteiger partial charge in [-0.2, -0.15) is 5.10 Å². The number of nitrogens with two attached hydrogens (primary N) is 1. The molecule has 1 aromatic heterocycles. The average molecular weight is 374 g/mol. The van der Waals surface area contributed by atoms with Crippen molar-refractivity contribution in [2.24, 2.45) is 11.7 Å². The van der Waals surface area contributed by atoms with Crippen LogP contribution in [0.4, 0.5) is 0 Å². The molecule has 1 amide bonds. The Balaban J connectivity index is 1.95. The molecular weight excluding hydrogens is 352 g/mol. The van der Waals surface area contributed by atoms with Crippen LogP contribution < -0.4 is 5.73 Å². The largest absolute Gasteiger partial charge is 0.364 e. The number of benzene rings is 2. The second-order valence-corrected chi connectivity index (χ2v) is 6.80. The van der Waals surface area contributed by atoms with Gasteiger partial charge in [0, 0.05) is 10.9 Å². The maximum Gasteiger partial charge on any atom is 0.269 e. The Hall–Kier alpha value is -3.43. The van der Waals surface area contributed by atoms with Crippen LogP contribution in [0.3, 0.4) is 0 Å². The van der Waals surface area contributed by atoms with E-state index in [1.807, 2.05) is 67.5 Å². The molecule has 6 heteroatoms. The lowest BCUT2D eigenvalue weighted by Gasteiger charge is -2.09. The number of rotatable bonds is 6. The van der Waals surface area contributed by atoms with E-state index in [0.717, 1.165) is 29.6 Å². The Bertz CT molecular complexity index is 1070. The van der Waals surface area contributed by atoms with E-state index >= 15 is 0 Å². The quantitative estimate of drug-likeness (QED) is 0.530. The molecule has 1 heterocycles. The summed E-state index contributed by atoms with van der Waals surface area (Å²) < 4.78 is 1.68. The Morgan fingerprint density at radius 1 is 1.25 bits per heavy atom. The summed E-state index contributed by atoms with van der Waals surface area (Å²) in [7, 11) is 3.93. The molecule has 3 aromatic rings. The van der Waals surface area contributed by atoms with Gasteiger partial charge in [0.15, 0.2) is 5.69 Å². The molecule has 0 bridgehead atoms. The highest BCUT2D eigenvalue weighted by Crippen LogP contribution is 2.22. The number of amides is 1. The molecule has 0 aliphatic heterocycles. The molecule has 2 aromatic carbocycles. The number of carbonyl (C=O) groups is 2. The van der Waals surface area contributed by atoms with Gasteiger partial charge in [0.25, 0.3) is 5.91 Å². The first-order chi connectivity index (χ1) is 13.5. The lowest BCUT2D eigenvalue weighted by atomic mass is 10.1. The van der Waals surface area contributed by atoms with Crippen molar-refractivity contribution in [3.8, 4) is 17.5 Å². The third-order valence-corrected chi connectivity index (χ3v) is 4.36. The molecule has 142 valence electrons. The zero-order valence-corrected chi connectivity index (χ0v) is 15.9. The van der Waals surface area contributed by atoms with E-state index in [1.165, 1.54) is 0 Å². The fourth-order valence-corrected chi connectivity index (χ4v) is 2.91. The number of hydrogen-bond donors (Lipinski definition) is 1. The highest BCUT2D eigenvalue weighted by Gasteiger charge is 2.15. The van der Waals surface area contributed by atoms with Crippen molar-refractivity contribution in [3.63, 3.8) is 0 Å². The van der Waals surface area contributed by atoms with Gasteiger partial charge in [0.2, 0.25) is 0 Å². The topological polar surface area (TPSA) is 81.2 Å². The fraction of sp³-hybridized carbons (Fsp3) is 0.227. The first kappa shape index (κ1) is 19.3. The van der Waals surface area contributed by atoms with Crippen molar-refractivity contribution in [1.29, 1.82) is 0 Å². The number of aldehydes is 1. The minimum atomic E-state index is -0.569. The molecule has 0 saturated heterocycles. The lowest BCUT2D eigenvalue weighted by Crippen LogP contribution is -2.16. The molecule has 0 radical (unpaired) electrons. The minimum absolute atomic E-state index is 0.233. The van der Waals surface area contributed by atoms with Gasteiger partial charge in [-0.3, -0.25) is 4.79 Å². The molecule has 0 saturated carbocycles. The minimum Gasteiger partial charge on any atom is -0.364 e. The van der Waals surface area contributed by atoms with E-state index in [0.29, 0.717) is 11.8 Å². The zero-order valence-electron chi connectivity index (χ0n) is 15.9. The summed E-state index contributed by atoms with van der Waals surface area (Å²) in [6.07, 6.45) is 1.58. The van der Waals surface area contributed by atoms with Crippen molar-refractivity contribution in [2.75, 3.05) is 20.6 Å². The maximum atomic E-state index is 11.7. The van der Waals surface area contributed by atoms with Crippen molar-refractivity contribution in [2.45, 2.75) is 6.42 Å². The maximum absolute atomic E-state index is 11.7. The van der Waals surface area contributed by atoms with Crippen LogP contribution >= 0.6 is 0 Å². The standard InChI is InChI=1S/C22H22N4O2/c1-25(2)13-12-17(15-27)11-10-16-6-5-7-18(14-16)26-20-9-4-3-8-19(20)21(24-26)22(23)28/h3-9,14-15,17H,12-13H2,1-2H3,(H2,23,28). The second kappa shape index (κ2) is 8.51. The molecule has 6 nitrogen and oxygen atoms in total. The van der Waals surface area contributed by atoms with Crippen LogP contribution in [0.25, 0.3) is 16.6 Å². The van der Waals surface area contributed by atoms with E-state index in [1.54, 1.807) is 4.68 Å². The zero-order chi connectivity index (χ0) is 20.1. The number of para-hydroxylation sites is 1. The van der Waals surface area contributed by atoms with Gasteiger partial charge in [-0.1, -0.05) is 36.1 Å². The van der Waals surface area contributed by atoms with Crippen molar-refractivity contribution in [3.05, 3.63) is 59.8 Å². The molecule has 0 aliphatic carbocycles. The van der Waals surface area contributed by atoms with Crippen molar-refractivity contribution >= 4 is 23.1 Å². The van der Waals surface area contributed by atoms with Gasteiger partial charge in [-0.15, -0.1) is 0 Å². The van der Waals surface area contributed by atoms with E-state index in [9.17, 15) is 9.59 Å². The number of aromatic nitrogens is 2. The Morgan fingerprint density at radius 2 is 2.04 bits per heavy atom. The van der Waals surface area contributed by atoms with E-state index < -0.39 is 5.91 Å². The predicted octanol–water partition coefficient (Wildman–Crippen LogP) is 2.24. The highest BCUT2D eigenvalue weighted by molar-refractivity contribution is 6.04. The number of primary amides is 1. The van der Waals surface area contributed by atoms with Gasteiger partial charge >= 0.3 is 0 Å². The molecular formula is C22H22N4O2. The van der Waals surface area contributed by atoms with Gasteiger partial charge < -0.3 is 15.4 Å². The summed E-state index contributed by atoms with van der Waals surface area (Å²) in [5, 5.41) is 5.10. The number of nitrogens with zero attached hydrogens (tertiary/aromatic N) is 3. The third kappa shape index (κ3) is 4.27. The lowest BCUT2D eigenvalue weighted by molar-refractivity contribution is -0.109. The fourth-order valence-electron chi connectivity index (χ4n) is 2.91. The summed E-state index contributed by atoms with van der Waals surface area (Å²) in [4.78, 5) is 25.0. The third-order valence-electron chi connectivity index (χ3n) is 4.36. The second-order valence-electron chi connectivity index (χ2n) is 6.80. The Labute approximate surface area is 163 Å². The van der Waals surface area contributed by atoms with E-state index in [2.05, 4.69) is 16.9 Å². The number of fused-ring (bicyclic) bond motifs is 1. The number of hydrogen-bond acceptors (Lipinski definition) is 4. The van der Waals surface area contributed by atoms with Crippen LogP contribution in [0.2, 0.25) is 0 Å².